The lowest BCUT2D eigenvalue weighted by Crippen LogP contribution is -2.23. The van der Waals surface area contributed by atoms with Crippen molar-refractivity contribution in [2.24, 2.45) is 4.99 Å². The lowest BCUT2D eigenvalue weighted by atomic mass is 10.4. The molecule has 0 aromatic carbocycles. The van der Waals surface area contributed by atoms with Crippen LogP contribution >= 0.6 is 46.4 Å². The van der Waals surface area contributed by atoms with Crippen LogP contribution in [0.1, 0.15) is 0 Å². The topological polar surface area (TPSA) is 102 Å². The highest BCUT2D eigenvalue weighted by molar-refractivity contribution is 6.76. The molecule has 0 rings (SSSR count). The summed E-state index contributed by atoms with van der Waals surface area (Å²) in [5.74, 6) is -1.32. The van der Waals surface area contributed by atoms with Gasteiger partial charge in [0.1, 0.15) is 12.7 Å². The number of hydrogen-bond acceptors (Lipinski definition) is 6. The Kier molecular flexibility index (Phi) is 15.0. The number of ether oxygens (including phenoxy) is 2. The van der Waals surface area contributed by atoms with Gasteiger partial charge in [-0.2, -0.15) is 0 Å². The second kappa shape index (κ2) is 14.0. The number of rotatable bonds is 7. The molecule has 0 saturated carbocycles. The van der Waals surface area contributed by atoms with Gasteiger partial charge in [0.25, 0.3) is 3.79 Å². The normalized spacial score (nSPS) is 11.3. The van der Waals surface area contributed by atoms with Crippen LogP contribution in [0.25, 0.3) is 0 Å². The Bertz CT molecular complexity index is 406. The smallest absolute Gasteiger partial charge is 0.330 e. The second-order valence-corrected chi connectivity index (χ2v) is 5.92. The molecule has 1 unspecified atom stereocenters. The van der Waals surface area contributed by atoms with Crippen LogP contribution in [0.3, 0.4) is 0 Å². The van der Waals surface area contributed by atoms with Gasteiger partial charge in [-0.3, -0.25) is 4.79 Å². The summed E-state index contributed by atoms with van der Waals surface area (Å²) < 4.78 is 7.33. The first-order chi connectivity index (χ1) is 10.2. The van der Waals surface area contributed by atoms with Crippen LogP contribution in [0.2, 0.25) is 0 Å². The predicted molar refractivity (Wildman–Crippen MR) is 82.1 cm³/mol. The fraction of sp³-hybridized carbons (Fsp3) is 0.545. The van der Waals surface area contributed by atoms with E-state index in [2.05, 4.69) is 16.3 Å². The molecule has 0 aliphatic rings. The molecule has 0 aromatic heterocycles. The maximum Gasteiger partial charge on any atom is 0.330 e. The van der Waals surface area contributed by atoms with Crippen LogP contribution in [-0.4, -0.2) is 58.7 Å². The number of isocyanates is 1. The molecule has 0 aliphatic heterocycles. The zero-order valence-electron chi connectivity index (χ0n) is 11.1. The second-order valence-electron chi connectivity index (χ2n) is 3.26. The number of nitrogens with zero attached hydrogens (tertiary/aromatic N) is 1. The van der Waals surface area contributed by atoms with E-state index in [0.717, 1.165) is 12.2 Å². The van der Waals surface area contributed by atoms with Crippen LogP contribution in [0.4, 0.5) is 0 Å². The summed E-state index contributed by atoms with van der Waals surface area (Å²) in [5.41, 5.74) is 0. The SMILES string of the molecule is C=CC(=O)OCC(O)COCCCl.O=C=NC(=O)C(Cl)(Cl)Cl. The monoisotopic (exact) mass is 395 g/mol. The Morgan fingerprint density at radius 3 is 2.32 bits per heavy atom. The Balaban J connectivity index is 0. The third-order valence-corrected chi connectivity index (χ3v) is 2.15. The third-order valence-electron chi connectivity index (χ3n) is 1.51. The van der Waals surface area contributed by atoms with E-state index in [1.165, 1.54) is 0 Å². The van der Waals surface area contributed by atoms with E-state index in [4.69, 9.17) is 56.2 Å². The highest BCUT2D eigenvalue weighted by atomic mass is 35.6. The molecule has 0 saturated heterocycles. The van der Waals surface area contributed by atoms with Gasteiger partial charge in [0.05, 0.1) is 13.2 Å². The average molecular weight is 397 g/mol. The largest absolute Gasteiger partial charge is 0.460 e. The number of aliphatic hydroxyl groups excluding tert-OH is 1. The number of alkyl halides is 4. The van der Waals surface area contributed by atoms with Crippen LogP contribution in [0.5, 0.6) is 0 Å². The first-order valence-electron chi connectivity index (χ1n) is 5.49. The molecule has 7 nitrogen and oxygen atoms in total. The minimum Gasteiger partial charge on any atom is -0.460 e. The minimum absolute atomic E-state index is 0.0901. The molecular formula is C11H13Cl4NO6. The molecule has 0 bridgehead atoms. The Morgan fingerprint density at radius 1 is 1.36 bits per heavy atom. The van der Waals surface area contributed by atoms with Crippen molar-refractivity contribution < 1.29 is 29.0 Å². The highest BCUT2D eigenvalue weighted by Gasteiger charge is 2.30. The Hall–Kier alpha value is -0.660. The van der Waals surface area contributed by atoms with Gasteiger partial charge in [0.2, 0.25) is 6.08 Å². The molecule has 22 heavy (non-hydrogen) atoms. The molecule has 126 valence electrons. The van der Waals surface area contributed by atoms with Crippen molar-refractivity contribution in [2.45, 2.75) is 9.90 Å². The van der Waals surface area contributed by atoms with Crippen molar-refractivity contribution in [1.82, 2.24) is 0 Å². The van der Waals surface area contributed by atoms with E-state index >= 15 is 0 Å². The van der Waals surface area contributed by atoms with Crippen molar-refractivity contribution >= 4 is 64.4 Å². The standard InChI is InChI=1S/C8H13ClO4.C3Cl3NO2/c1-2-8(11)13-6-7(10)5-12-4-3-9;4-3(5,6)2(9)7-1-8/h2,7,10H,1,3-6H2;. The molecule has 1 N–H and O–H groups in total. The van der Waals surface area contributed by atoms with E-state index in [1.807, 2.05) is 0 Å². The quantitative estimate of drug-likeness (QED) is 0.175. The number of carbonyl (C=O) groups is 2. The Morgan fingerprint density at radius 2 is 1.95 bits per heavy atom. The number of hydrogen-bond donors (Lipinski definition) is 1. The summed E-state index contributed by atoms with van der Waals surface area (Å²) in [7, 11) is 0. The van der Waals surface area contributed by atoms with E-state index in [-0.39, 0.29) is 13.2 Å². The zero-order chi connectivity index (χ0) is 17.6. The highest BCUT2D eigenvalue weighted by Crippen LogP contribution is 2.26. The molecular weight excluding hydrogens is 384 g/mol. The molecule has 1 amide bonds. The maximum absolute atomic E-state index is 10.5. The van der Waals surface area contributed by atoms with Gasteiger partial charge < -0.3 is 14.6 Å². The van der Waals surface area contributed by atoms with Gasteiger partial charge >= 0.3 is 11.9 Å². The molecule has 0 fully saturated rings. The summed E-state index contributed by atoms with van der Waals surface area (Å²) in [6.07, 6.45) is 1.17. The molecule has 1 atom stereocenters. The van der Waals surface area contributed by atoms with Crippen LogP contribution in [0, 0.1) is 0 Å². The van der Waals surface area contributed by atoms with E-state index < -0.39 is 21.8 Å². The number of aliphatic hydroxyl groups is 1. The van der Waals surface area contributed by atoms with Crippen molar-refractivity contribution in [2.75, 3.05) is 25.7 Å². The van der Waals surface area contributed by atoms with Crippen molar-refractivity contribution in [3.05, 3.63) is 12.7 Å². The fourth-order valence-corrected chi connectivity index (χ4v) is 0.900. The van der Waals surface area contributed by atoms with Gasteiger partial charge in [-0.25, -0.2) is 9.59 Å². The van der Waals surface area contributed by atoms with Gasteiger partial charge in [0.15, 0.2) is 0 Å². The molecule has 0 radical (unpaired) electrons. The summed E-state index contributed by atoms with van der Waals surface area (Å²) in [4.78, 5) is 32.7. The summed E-state index contributed by atoms with van der Waals surface area (Å²) in [6, 6.07) is 0. The van der Waals surface area contributed by atoms with Crippen molar-refractivity contribution in [1.29, 1.82) is 0 Å². The van der Waals surface area contributed by atoms with Crippen LogP contribution < -0.4 is 0 Å². The maximum atomic E-state index is 10.5. The van der Waals surface area contributed by atoms with Gasteiger partial charge in [-0.15, -0.1) is 16.6 Å². The first kappa shape index (κ1) is 23.6. The predicted octanol–water partition coefficient (Wildman–Crippen LogP) is 1.55. The number of halogens is 4. The Labute approximate surface area is 146 Å². The molecule has 0 aromatic rings. The third kappa shape index (κ3) is 15.7. The summed E-state index contributed by atoms with van der Waals surface area (Å²) in [5, 5.41) is 9.14. The van der Waals surface area contributed by atoms with Crippen molar-refractivity contribution in [3.63, 3.8) is 0 Å². The molecule has 0 heterocycles. The fourth-order valence-electron chi connectivity index (χ4n) is 0.664. The minimum atomic E-state index is -2.14. The van der Waals surface area contributed by atoms with E-state index in [1.54, 1.807) is 0 Å². The molecule has 0 spiro atoms. The molecule has 0 aliphatic carbocycles. The lowest BCUT2D eigenvalue weighted by molar-refractivity contribution is -0.141. The van der Waals surface area contributed by atoms with Gasteiger partial charge in [-0.05, 0) is 0 Å². The summed E-state index contributed by atoms with van der Waals surface area (Å²) in [6.45, 7) is 3.60. The number of carbonyl (C=O) groups excluding carboxylic acids is 3. The number of amides is 1. The lowest BCUT2D eigenvalue weighted by Gasteiger charge is -2.09. The zero-order valence-corrected chi connectivity index (χ0v) is 14.2. The summed E-state index contributed by atoms with van der Waals surface area (Å²) >= 11 is 20.2. The van der Waals surface area contributed by atoms with E-state index in [9.17, 15) is 14.4 Å². The van der Waals surface area contributed by atoms with Crippen LogP contribution in [-0.2, 0) is 23.9 Å². The molecule has 11 heteroatoms. The van der Waals surface area contributed by atoms with E-state index in [0.29, 0.717) is 12.5 Å². The number of esters is 1. The van der Waals surface area contributed by atoms with Gasteiger partial charge in [0, 0.05) is 12.0 Å². The van der Waals surface area contributed by atoms with Crippen LogP contribution in [0.15, 0.2) is 17.6 Å². The first-order valence-corrected chi connectivity index (χ1v) is 7.15. The van der Waals surface area contributed by atoms with Gasteiger partial charge in [-0.1, -0.05) is 41.4 Å². The number of aliphatic imine (C=N–C) groups is 1. The average Bonchev–Trinajstić information content (AvgIpc) is 2.45. The van der Waals surface area contributed by atoms with Crippen molar-refractivity contribution in [3.8, 4) is 0 Å².